The minimum atomic E-state index is 0.625. The molecule has 144 valence electrons. The highest BCUT2D eigenvalue weighted by Gasteiger charge is 2.15. The van der Waals surface area contributed by atoms with Gasteiger partial charge in [0.25, 0.3) is 0 Å². The molecular formula is C22H46N2. The van der Waals surface area contributed by atoms with Crippen LogP contribution in [0.5, 0.6) is 0 Å². The molecule has 0 amide bonds. The molecule has 1 aliphatic rings. The van der Waals surface area contributed by atoms with Gasteiger partial charge < -0.3 is 11.1 Å². The lowest BCUT2D eigenvalue weighted by molar-refractivity contribution is 0.289. The van der Waals surface area contributed by atoms with Gasteiger partial charge in [-0.2, -0.15) is 0 Å². The molecule has 24 heavy (non-hydrogen) atoms. The number of hydrogen-bond donors (Lipinski definition) is 2. The van der Waals surface area contributed by atoms with Crippen LogP contribution >= 0.6 is 0 Å². The summed E-state index contributed by atoms with van der Waals surface area (Å²) in [7, 11) is 0. The molecule has 3 N–H and O–H groups in total. The first-order chi connectivity index (χ1) is 11.9. The number of rotatable bonds is 10. The fraction of sp³-hybridized carbons (Fsp3) is 1.00. The van der Waals surface area contributed by atoms with E-state index in [1.165, 1.54) is 109 Å². The molecule has 0 saturated heterocycles. The molecule has 0 radical (unpaired) electrons. The summed E-state index contributed by atoms with van der Waals surface area (Å²) >= 11 is 0. The van der Waals surface area contributed by atoms with Gasteiger partial charge in [0.15, 0.2) is 0 Å². The summed E-state index contributed by atoms with van der Waals surface area (Å²) in [4.78, 5) is 0. The molecule has 2 unspecified atom stereocenters. The zero-order valence-corrected chi connectivity index (χ0v) is 16.7. The summed E-state index contributed by atoms with van der Waals surface area (Å²) in [5, 5.41) is 3.21. The summed E-state index contributed by atoms with van der Waals surface area (Å²) in [5.41, 5.74) is 5.45. The van der Waals surface area contributed by atoms with Crippen molar-refractivity contribution >= 4 is 0 Å². The van der Waals surface area contributed by atoms with Crippen molar-refractivity contribution in [3.05, 3.63) is 0 Å². The molecule has 0 spiro atoms. The summed E-state index contributed by atoms with van der Waals surface area (Å²) in [5.74, 6) is 2.03. The molecule has 1 aliphatic carbocycles. The van der Waals surface area contributed by atoms with Crippen molar-refractivity contribution in [2.24, 2.45) is 17.6 Å². The molecule has 1 fully saturated rings. The van der Waals surface area contributed by atoms with Gasteiger partial charge in [0.2, 0.25) is 0 Å². The topological polar surface area (TPSA) is 38.0 Å². The Kier molecular flexibility index (Phi) is 15.0. The van der Waals surface area contributed by atoms with E-state index in [1.54, 1.807) is 0 Å². The van der Waals surface area contributed by atoms with Gasteiger partial charge in [-0.25, -0.2) is 0 Å². The van der Waals surface area contributed by atoms with Gasteiger partial charge in [-0.15, -0.1) is 0 Å². The van der Waals surface area contributed by atoms with Crippen molar-refractivity contribution in [2.75, 3.05) is 13.2 Å². The van der Waals surface area contributed by atoms with Crippen molar-refractivity contribution in [2.45, 2.75) is 116 Å². The molecule has 0 aromatic carbocycles. The van der Waals surface area contributed by atoms with Crippen LogP contribution in [0.4, 0.5) is 0 Å². The molecule has 1 rings (SSSR count). The van der Waals surface area contributed by atoms with Crippen molar-refractivity contribution in [3.8, 4) is 0 Å². The predicted octanol–water partition coefficient (Wildman–Crippen LogP) is 6.39. The summed E-state index contributed by atoms with van der Waals surface area (Å²) in [6, 6.07) is 0. The third-order valence-electron chi connectivity index (χ3n) is 6.08. The van der Waals surface area contributed by atoms with Crippen LogP contribution in [0.3, 0.4) is 0 Å². The Morgan fingerprint density at radius 1 is 0.750 bits per heavy atom. The first kappa shape index (κ1) is 22.0. The van der Waals surface area contributed by atoms with E-state index in [4.69, 9.17) is 5.73 Å². The summed E-state index contributed by atoms with van der Waals surface area (Å²) < 4.78 is 0. The van der Waals surface area contributed by atoms with Gasteiger partial charge in [0.05, 0.1) is 0 Å². The van der Waals surface area contributed by atoms with Crippen LogP contribution in [0.2, 0.25) is 0 Å². The molecule has 0 heterocycles. The average Bonchev–Trinajstić information content (AvgIpc) is 2.59. The molecule has 1 saturated carbocycles. The van der Waals surface area contributed by atoms with Gasteiger partial charge in [-0.05, 0) is 31.2 Å². The van der Waals surface area contributed by atoms with E-state index in [9.17, 15) is 0 Å². The fourth-order valence-electron chi connectivity index (χ4n) is 4.41. The fourth-order valence-corrected chi connectivity index (χ4v) is 4.41. The Bertz CT molecular complexity index is 254. The van der Waals surface area contributed by atoms with Crippen molar-refractivity contribution in [3.63, 3.8) is 0 Å². The van der Waals surface area contributed by atoms with Crippen LogP contribution in [0.25, 0.3) is 0 Å². The van der Waals surface area contributed by atoms with Crippen LogP contribution in [0.1, 0.15) is 116 Å². The maximum absolute atomic E-state index is 5.45. The minimum Gasteiger partial charge on any atom is -0.318 e. The molecule has 0 aliphatic heterocycles. The van der Waals surface area contributed by atoms with E-state index in [1.807, 2.05) is 0 Å². The highest BCUT2D eigenvalue weighted by Crippen LogP contribution is 2.30. The van der Waals surface area contributed by atoms with Gasteiger partial charge in [0, 0.05) is 6.67 Å². The average molecular weight is 339 g/mol. The summed E-state index contributed by atoms with van der Waals surface area (Å²) in [6.45, 7) is 4.14. The third-order valence-corrected chi connectivity index (χ3v) is 6.08. The largest absolute Gasteiger partial charge is 0.318 e. The summed E-state index contributed by atoms with van der Waals surface area (Å²) in [6.07, 6.45) is 24.8. The maximum Gasteiger partial charge on any atom is 0.0428 e. The third kappa shape index (κ3) is 12.3. The molecule has 0 aromatic rings. The van der Waals surface area contributed by atoms with E-state index in [0.29, 0.717) is 6.67 Å². The second kappa shape index (κ2) is 16.4. The normalized spacial score (nSPS) is 24.2. The Morgan fingerprint density at radius 3 is 2.00 bits per heavy atom. The Hall–Kier alpha value is -0.0800. The van der Waals surface area contributed by atoms with Crippen molar-refractivity contribution in [1.29, 1.82) is 0 Å². The quantitative estimate of drug-likeness (QED) is 0.358. The molecule has 2 heteroatoms. The van der Waals surface area contributed by atoms with Crippen LogP contribution in [0, 0.1) is 11.8 Å². The molecular weight excluding hydrogens is 292 g/mol. The highest BCUT2D eigenvalue weighted by atomic mass is 14.9. The Labute approximate surface area is 152 Å². The zero-order chi connectivity index (χ0) is 17.3. The van der Waals surface area contributed by atoms with Gasteiger partial charge in [-0.1, -0.05) is 103 Å². The molecule has 2 atom stereocenters. The lowest BCUT2D eigenvalue weighted by atomic mass is 9.82. The number of hydrogen-bond acceptors (Lipinski definition) is 2. The van der Waals surface area contributed by atoms with Gasteiger partial charge >= 0.3 is 0 Å². The number of nitrogens with two attached hydrogens (primary N) is 1. The van der Waals surface area contributed by atoms with Crippen LogP contribution in [-0.4, -0.2) is 13.2 Å². The minimum absolute atomic E-state index is 0.625. The first-order valence-electron chi connectivity index (χ1n) is 11.3. The monoisotopic (exact) mass is 338 g/mol. The molecule has 0 bridgehead atoms. The van der Waals surface area contributed by atoms with E-state index >= 15 is 0 Å². The SMILES string of the molecule is CCC1CCCCCCCCCC(CCCCCCCNCN)C1. The second-order valence-corrected chi connectivity index (χ2v) is 8.19. The van der Waals surface area contributed by atoms with Gasteiger partial charge in [0.1, 0.15) is 0 Å². The highest BCUT2D eigenvalue weighted by molar-refractivity contribution is 4.68. The van der Waals surface area contributed by atoms with Gasteiger partial charge in [-0.3, -0.25) is 0 Å². The first-order valence-corrected chi connectivity index (χ1v) is 11.3. The van der Waals surface area contributed by atoms with E-state index in [2.05, 4.69) is 12.2 Å². The standard InChI is InChI=1S/C22H46N2/c1-2-21-15-11-7-4-3-5-8-12-16-22(19-21)17-13-9-6-10-14-18-24-20-23/h21-22,24H,2-20,23H2,1H3. The van der Waals surface area contributed by atoms with E-state index < -0.39 is 0 Å². The molecule has 0 aromatic heterocycles. The zero-order valence-electron chi connectivity index (χ0n) is 16.7. The Morgan fingerprint density at radius 2 is 1.33 bits per heavy atom. The predicted molar refractivity (Wildman–Crippen MR) is 108 cm³/mol. The number of unbranched alkanes of at least 4 members (excludes halogenated alkanes) is 4. The number of nitrogens with one attached hydrogen (secondary N) is 1. The van der Waals surface area contributed by atoms with E-state index in [0.717, 1.165) is 18.4 Å². The maximum atomic E-state index is 5.45. The molecule has 2 nitrogen and oxygen atoms in total. The van der Waals surface area contributed by atoms with E-state index in [-0.39, 0.29) is 0 Å². The Balaban J connectivity index is 2.19. The smallest absolute Gasteiger partial charge is 0.0428 e. The van der Waals surface area contributed by atoms with Crippen LogP contribution < -0.4 is 11.1 Å². The lowest BCUT2D eigenvalue weighted by Crippen LogP contribution is -2.23. The van der Waals surface area contributed by atoms with Crippen molar-refractivity contribution in [1.82, 2.24) is 5.32 Å². The second-order valence-electron chi connectivity index (χ2n) is 8.19. The van der Waals surface area contributed by atoms with Crippen LogP contribution in [0.15, 0.2) is 0 Å². The van der Waals surface area contributed by atoms with Crippen molar-refractivity contribution < 1.29 is 0 Å². The van der Waals surface area contributed by atoms with Crippen LogP contribution in [-0.2, 0) is 0 Å². The lowest BCUT2D eigenvalue weighted by Gasteiger charge is -2.24.